The molecule has 0 unspecified atom stereocenters. The van der Waals surface area contributed by atoms with Crippen LogP contribution in [0.4, 0.5) is 10.1 Å². The van der Waals surface area contributed by atoms with E-state index in [1.54, 1.807) is 35.6 Å². The number of benzene rings is 2. The summed E-state index contributed by atoms with van der Waals surface area (Å²) in [4.78, 5) is 5.86. The molecule has 1 aliphatic rings. The molecule has 2 heterocycles. The van der Waals surface area contributed by atoms with Gasteiger partial charge >= 0.3 is 0 Å². The summed E-state index contributed by atoms with van der Waals surface area (Å²) >= 11 is 7.53. The zero-order valence-corrected chi connectivity index (χ0v) is 20.0. The monoisotopic (exact) mass is 493 g/mol. The first kappa shape index (κ1) is 23.2. The summed E-state index contributed by atoms with van der Waals surface area (Å²) in [7, 11) is -3.69. The first-order valence-corrected chi connectivity index (χ1v) is 13.1. The predicted octanol–water partition coefficient (Wildman–Crippen LogP) is 4.77. The van der Waals surface area contributed by atoms with Crippen LogP contribution in [0.25, 0.3) is 0 Å². The number of halogens is 2. The summed E-state index contributed by atoms with van der Waals surface area (Å²) in [6.45, 7) is 5.01. The number of hydrogen-bond donors (Lipinski definition) is 1. The Kier molecular flexibility index (Phi) is 7.17. The average Bonchev–Trinajstić information content (AvgIpc) is 3.29. The molecule has 1 saturated heterocycles. The van der Waals surface area contributed by atoms with Crippen LogP contribution < -0.4 is 9.62 Å². The quantitative estimate of drug-likeness (QED) is 0.515. The van der Waals surface area contributed by atoms with Gasteiger partial charge < -0.3 is 4.90 Å². The Morgan fingerprint density at radius 3 is 2.25 bits per heavy atom. The van der Waals surface area contributed by atoms with E-state index in [4.69, 9.17) is 11.6 Å². The number of thiophene rings is 1. The lowest BCUT2D eigenvalue weighted by molar-refractivity contribution is 0.164. The van der Waals surface area contributed by atoms with Gasteiger partial charge in [-0.1, -0.05) is 17.7 Å². The molecule has 1 fully saturated rings. The molecular weight excluding hydrogens is 469 g/mol. The van der Waals surface area contributed by atoms with E-state index < -0.39 is 10.0 Å². The summed E-state index contributed by atoms with van der Waals surface area (Å²) in [5.41, 5.74) is 0.996. The van der Waals surface area contributed by atoms with E-state index >= 15 is 0 Å². The van der Waals surface area contributed by atoms with Gasteiger partial charge in [0.1, 0.15) is 5.82 Å². The summed E-state index contributed by atoms with van der Waals surface area (Å²) in [5.74, 6) is -0.244. The van der Waals surface area contributed by atoms with Crippen molar-refractivity contribution in [3.8, 4) is 0 Å². The maximum absolute atomic E-state index is 13.3. The minimum absolute atomic E-state index is 0.0903. The molecule has 0 spiro atoms. The molecule has 170 valence electrons. The van der Waals surface area contributed by atoms with Gasteiger partial charge in [0.05, 0.1) is 10.9 Å². The molecule has 1 aliphatic heterocycles. The number of sulfonamides is 1. The van der Waals surface area contributed by atoms with Gasteiger partial charge in [-0.25, -0.2) is 17.5 Å². The third-order valence-corrected chi connectivity index (χ3v) is 8.44. The lowest BCUT2D eigenvalue weighted by atomic mass is 10.1. The Hall–Kier alpha value is -1.97. The Bertz CT molecular complexity index is 1120. The van der Waals surface area contributed by atoms with Crippen molar-refractivity contribution in [3.05, 3.63) is 81.8 Å². The van der Waals surface area contributed by atoms with E-state index in [1.807, 2.05) is 18.4 Å². The van der Waals surface area contributed by atoms with Crippen LogP contribution in [-0.2, 0) is 10.0 Å². The number of piperazine rings is 1. The predicted molar refractivity (Wildman–Crippen MR) is 128 cm³/mol. The molecule has 0 bridgehead atoms. The normalized spacial score (nSPS) is 17.3. The second-order valence-corrected chi connectivity index (χ2v) is 11.0. The van der Waals surface area contributed by atoms with Crippen LogP contribution in [0, 0.1) is 5.82 Å². The maximum atomic E-state index is 13.3. The second-order valence-electron chi connectivity index (χ2n) is 7.82. The van der Waals surface area contributed by atoms with Crippen LogP contribution >= 0.6 is 22.9 Å². The van der Waals surface area contributed by atoms with Gasteiger partial charge in [0, 0.05) is 47.8 Å². The van der Waals surface area contributed by atoms with Crippen LogP contribution in [0.1, 0.15) is 17.8 Å². The molecule has 5 nitrogen and oxygen atoms in total. The fourth-order valence-corrected chi connectivity index (χ4v) is 6.44. The van der Waals surface area contributed by atoms with E-state index in [-0.39, 0.29) is 22.8 Å². The molecule has 2 aromatic carbocycles. The highest BCUT2D eigenvalue weighted by Gasteiger charge is 2.32. The van der Waals surface area contributed by atoms with Crippen molar-refractivity contribution in [3.63, 3.8) is 0 Å². The third-order valence-electron chi connectivity index (χ3n) is 5.67. The second kappa shape index (κ2) is 9.89. The van der Waals surface area contributed by atoms with E-state index in [0.29, 0.717) is 5.02 Å². The summed E-state index contributed by atoms with van der Waals surface area (Å²) in [6, 6.07) is 16.3. The molecule has 0 saturated carbocycles. The lowest BCUT2D eigenvalue weighted by Gasteiger charge is -2.42. The highest BCUT2D eigenvalue weighted by atomic mass is 35.5. The summed E-state index contributed by atoms with van der Waals surface area (Å²) < 4.78 is 42.1. The minimum Gasteiger partial charge on any atom is -0.369 e. The van der Waals surface area contributed by atoms with Gasteiger partial charge in [0.15, 0.2) is 0 Å². The zero-order valence-electron chi connectivity index (χ0n) is 17.6. The minimum atomic E-state index is -3.69. The number of rotatable bonds is 7. The van der Waals surface area contributed by atoms with Gasteiger partial charge in [-0.3, -0.25) is 4.90 Å². The number of anilines is 1. The van der Waals surface area contributed by atoms with E-state index in [9.17, 15) is 12.8 Å². The fourth-order valence-electron chi connectivity index (χ4n) is 4.10. The molecule has 0 radical (unpaired) electrons. The van der Waals surface area contributed by atoms with E-state index in [0.717, 1.165) is 36.7 Å². The van der Waals surface area contributed by atoms with Crippen LogP contribution in [-0.4, -0.2) is 45.5 Å². The molecule has 2 atom stereocenters. The smallest absolute Gasteiger partial charge is 0.240 e. The van der Waals surface area contributed by atoms with E-state index in [2.05, 4.69) is 20.6 Å². The van der Waals surface area contributed by atoms with Gasteiger partial charge in [0.2, 0.25) is 10.0 Å². The number of nitrogens with zero attached hydrogens (tertiary/aromatic N) is 2. The van der Waals surface area contributed by atoms with Crippen LogP contribution in [0.3, 0.4) is 0 Å². The number of nitrogens with one attached hydrogen (secondary N) is 1. The zero-order chi connectivity index (χ0) is 22.7. The summed E-state index contributed by atoms with van der Waals surface area (Å²) in [6.07, 6.45) is 0. The first-order chi connectivity index (χ1) is 15.3. The van der Waals surface area contributed by atoms with E-state index in [1.165, 1.54) is 24.3 Å². The summed E-state index contributed by atoms with van der Waals surface area (Å²) in [5, 5.41) is 2.50. The molecule has 1 N–H and O–H groups in total. The molecular formula is C23H25ClFN3O2S2. The average molecular weight is 494 g/mol. The first-order valence-electron chi connectivity index (χ1n) is 10.4. The lowest BCUT2D eigenvalue weighted by Crippen LogP contribution is -2.52. The number of hydrogen-bond acceptors (Lipinski definition) is 5. The maximum Gasteiger partial charge on any atom is 0.240 e. The third kappa shape index (κ3) is 5.32. The molecule has 0 amide bonds. The highest BCUT2D eigenvalue weighted by molar-refractivity contribution is 7.89. The molecule has 3 aromatic rings. The van der Waals surface area contributed by atoms with Crippen LogP contribution in [0.2, 0.25) is 5.02 Å². The fraction of sp³-hybridized carbons (Fsp3) is 0.304. The largest absolute Gasteiger partial charge is 0.369 e. The van der Waals surface area contributed by atoms with Crippen molar-refractivity contribution in [1.29, 1.82) is 0 Å². The standard InChI is InChI=1S/C23H25ClFN3O2S2/c1-17(26-32(29,30)21-10-4-18(24)5-11-21)23(22-3-2-16-31-22)28-14-12-27(13-15-28)20-8-6-19(25)7-9-20/h2-11,16-17,23,26H,12-15H2,1H3/t17-,23-/m1/s1. The van der Waals surface area contributed by atoms with Crippen LogP contribution in [0.5, 0.6) is 0 Å². The molecule has 1 aromatic heterocycles. The van der Waals surface area contributed by atoms with Crippen molar-refractivity contribution in [1.82, 2.24) is 9.62 Å². The molecule has 0 aliphatic carbocycles. The topological polar surface area (TPSA) is 52.7 Å². The Morgan fingerprint density at radius 1 is 1.00 bits per heavy atom. The SMILES string of the molecule is C[C@@H](NS(=O)(=O)c1ccc(Cl)cc1)[C@H](c1cccs1)N1CCN(c2ccc(F)cc2)CC1. The van der Waals surface area contributed by atoms with Crippen molar-refractivity contribution < 1.29 is 12.8 Å². The van der Waals surface area contributed by atoms with Gasteiger partial charge in [-0.2, -0.15) is 0 Å². The molecule has 9 heteroatoms. The van der Waals surface area contributed by atoms with Gasteiger partial charge in [-0.05, 0) is 66.9 Å². The van der Waals surface area contributed by atoms with Crippen molar-refractivity contribution in [2.75, 3.05) is 31.1 Å². The molecule has 4 rings (SSSR count). The Morgan fingerprint density at radius 2 is 1.66 bits per heavy atom. The highest BCUT2D eigenvalue weighted by Crippen LogP contribution is 2.31. The van der Waals surface area contributed by atoms with Crippen LogP contribution in [0.15, 0.2) is 70.9 Å². The Labute approximate surface area is 197 Å². The van der Waals surface area contributed by atoms with Gasteiger partial charge in [0.25, 0.3) is 0 Å². The van der Waals surface area contributed by atoms with Crippen molar-refractivity contribution in [2.24, 2.45) is 0 Å². The van der Waals surface area contributed by atoms with Crippen molar-refractivity contribution in [2.45, 2.75) is 23.9 Å². The Balaban J connectivity index is 1.49. The molecule has 32 heavy (non-hydrogen) atoms. The van der Waals surface area contributed by atoms with Gasteiger partial charge in [-0.15, -0.1) is 11.3 Å². The van der Waals surface area contributed by atoms with Crippen molar-refractivity contribution >= 4 is 38.6 Å².